The highest BCUT2D eigenvalue weighted by molar-refractivity contribution is 5.74. The van der Waals surface area contributed by atoms with E-state index in [1.165, 1.54) is 6.42 Å². The predicted molar refractivity (Wildman–Crippen MR) is 59.9 cm³/mol. The molecule has 15 heavy (non-hydrogen) atoms. The van der Waals surface area contributed by atoms with Crippen LogP contribution in [0, 0.1) is 0 Å². The molecule has 4 heteroatoms. The second-order valence-corrected chi connectivity index (χ2v) is 3.98. The van der Waals surface area contributed by atoms with Gasteiger partial charge in [0.15, 0.2) is 0 Å². The molecule has 0 aromatic heterocycles. The zero-order chi connectivity index (χ0) is 10.9. The first kappa shape index (κ1) is 12.3. The zero-order valence-electron chi connectivity index (χ0n) is 9.63. The lowest BCUT2D eigenvalue weighted by Gasteiger charge is -2.26. The molecule has 1 N–H and O–H groups in total. The number of rotatable bonds is 5. The van der Waals surface area contributed by atoms with Crippen LogP contribution < -0.4 is 5.32 Å². The van der Waals surface area contributed by atoms with Gasteiger partial charge in [-0.3, -0.25) is 0 Å². The van der Waals surface area contributed by atoms with Crippen LogP contribution in [0.15, 0.2) is 0 Å². The van der Waals surface area contributed by atoms with E-state index in [4.69, 9.17) is 4.74 Å². The summed E-state index contributed by atoms with van der Waals surface area (Å²) in [6, 6.07) is 0.104. The molecule has 1 aliphatic rings. The van der Waals surface area contributed by atoms with E-state index in [1.54, 1.807) is 7.11 Å². The maximum absolute atomic E-state index is 11.6. The monoisotopic (exact) mass is 214 g/mol. The molecule has 0 saturated carbocycles. The molecular weight excluding hydrogens is 192 g/mol. The van der Waals surface area contributed by atoms with Crippen molar-refractivity contribution in [3.8, 4) is 0 Å². The maximum Gasteiger partial charge on any atom is 0.317 e. The quantitative estimate of drug-likeness (QED) is 0.706. The van der Waals surface area contributed by atoms with Gasteiger partial charge in [0.2, 0.25) is 0 Å². The number of urea groups is 1. The summed E-state index contributed by atoms with van der Waals surface area (Å²) in [4.78, 5) is 13.5. The van der Waals surface area contributed by atoms with Gasteiger partial charge in [-0.25, -0.2) is 4.79 Å². The van der Waals surface area contributed by atoms with Crippen LogP contribution in [0.25, 0.3) is 0 Å². The summed E-state index contributed by atoms with van der Waals surface area (Å²) in [6.07, 6.45) is 5.57. The summed E-state index contributed by atoms with van der Waals surface area (Å²) < 4.78 is 4.94. The molecule has 0 atom stereocenters. The fraction of sp³-hybridized carbons (Fsp3) is 0.909. The molecule has 0 aromatic rings. The Kier molecular flexibility index (Phi) is 6.16. The minimum atomic E-state index is 0.104. The fourth-order valence-electron chi connectivity index (χ4n) is 1.78. The first-order valence-electron chi connectivity index (χ1n) is 5.86. The normalized spacial score (nSPS) is 16.5. The number of carbonyl (C=O) groups excluding carboxylic acids is 1. The van der Waals surface area contributed by atoms with E-state index < -0.39 is 0 Å². The van der Waals surface area contributed by atoms with Gasteiger partial charge in [-0.05, 0) is 32.1 Å². The zero-order valence-corrected chi connectivity index (χ0v) is 9.63. The van der Waals surface area contributed by atoms with E-state index in [1.807, 2.05) is 4.90 Å². The average Bonchev–Trinajstić information content (AvgIpc) is 2.30. The minimum Gasteiger partial charge on any atom is -0.385 e. The van der Waals surface area contributed by atoms with E-state index in [0.717, 1.165) is 51.9 Å². The molecule has 1 rings (SSSR count). The molecule has 0 unspecified atom stereocenters. The number of methoxy groups -OCH3 is 1. The van der Waals surface area contributed by atoms with Gasteiger partial charge in [0.1, 0.15) is 0 Å². The third-order valence-electron chi connectivity index (χ3n) is 2.69. The topological polar surface area (TPSA) is 41.6 Å². The summed E-state index contributed by atoms with van der Waals surface area (Å²) in [5.41, 5.74) is 0. The number of nitrogens with one attached hydrogen (secondary N) is 1. The Bertz CT molecular complexity index is 179. The van der Waals surface area contributed by atoms with E-state index in [-0.39, 0.29) is 6.03 Å². The second-order valence-electron chi connectivity index (χ2n) is 3.98. The summed E-state index contributed by atoms with van der Waals surface area (Å²) in [6.45, 7) is 3.38. The number of amides is 2. The first-order chi connectivity index (χ1) is 7.34. The molecule has 1 saturated heterocycles. The van der Waals surface area contributed by atoms with Crippen molar-refractivity contribution in [3.05, 3.63) is 0 Å². The van der Waals surface area contributed by atoms with Crippen molar-refractivity contribution in [1.82, 2.24) is 10.2 Å². The molecule has 0 aromatic carbocycles. The number of unbranched alkanes of at least 4 members (excludes halogenated alkanes) is 1. The molecule has 4 nitrogen and oxygen atoms in total. The number of ether oxygens (including phenoxy) is 1. The smallest absolute Gasteiger partial charge is 0.317 e. The van der Waals surface area contributed by atoms with E-state index in [0.29, 0.717) is 0 Å². The van der Waals surface area contributed by atoms with Crippen molar-refractivity contribution in [2.75, 3.05) is 33.4 Å². The van der Waals surface area contributed by atoms with Crippen LogP contribution in [-0.4, -0.2) is 44.3 Å². The number of piperidine rings is 1. The largest absolute Gasteiger partial charge is 0.385 e. The Hall–Kier alpha value is -0.770. The van der Waals surface area contributed by atoms with Crippen LogP contribution in [0.1, 0.15) is 32.1 Å². The van der Waals surface area contributed by atoms with Crippen molar-refractivity contribution in [2.45, 2.75) is 32.1 Å². The van der Waals surface area contributed by atoms with Crippen LogP contribution in [0.2, 0.25) is 0 Å². The van der Waals surface area contributed by atoms with Crippen molar-refractivity contribution >= 4 is 6.03 Å². The summed E-state index contributed by atoms with van der Waals surface area (Å²) >= 11 is 0. The van der Waals surface area contributed by atoms with Crippen LogP contribution in [0.5, 0.6) is 0 Å². The Morgan fingerprint density at radius 3 is 2.67 bits per heavy atom. The third kappa shape index (κ3) is 5.02. The van der Waals surface area contributed by atoms with Gasteiger partial charge < -0.3 is 15.0 Å². The van der Waals surface area contributed by atoms with Gasteiger partial charge in [-0.1, -0.05) is 0 Å². The van der Waals surface area contributed by atoms with Crippen molar-refractivity contribution in [1.29, 1.82) is 0 Å². The lowest BCUT2D eigenvalue weighted by atomic mass is 10.1. The maximum atomic E-state index is 11.6. The second kappa shape index (κ2) is 7.51. The van der Waals surface area contributed by atoms with Crippen LogP contribution >= 0.6 is 0 Å². The van der Waals surface area contributed by atoms with Crippen LogP contribution in [0.3, 0.4) is 0 Å². The van der Waals surface area contributed by atoms with E-state index in [2.05, 4.69) is 5.32 Å². The number of hydrogen-bond acceptors (Lipinski definition) is 2. The number of likely N-dealkylation sites (tertiary alicyclic amines) is 1. The number of nitrogens with zero attached hydrogens (tertiary/aromatic N) is 1. The van der Waals surface area contributed by atoms with Crippen LogP contribution in [0.4, 0.5) is 4.79 Å². The average molecular weight is 214 g/mol. The molecule has 1 aliphatic heterocycles. The standard InChI is InChI=1S/C11H22N2O2/c1-15-10-6-3-7-12-11(14)13-8-4-2-5-9-13/h2-10H2,1H3,(H,12,14). The van der Waals surface area contributed by atoms with Crippen LogP contribution in [-0.2, 0) is 4.74 Å². The third-order valence-corrected chi connectivity index (χ3v) is 2.69. The summed E-state index contributed by atoms with van der Waals surface area (Å²) in [7, 11) is 1.70. The molecule has 88 valence electrons. The lowest BCUT2D eigenvalue weighted by molar-refractivity contribution is 0.182. The van der Waals surface area contributed by atoms with Crippen molar-refractivity contribution < 1.29 is 9.53 Å². The highest BCUT2D eigenvalue weighted by Gasteiger charge is 2.15. The fourth-order valence-corrected chi connectivity index (χ4v) is 1.78. The summed E-state index contributed by atoms with van der Waals surface area (Å²) in [5.74, 6) is 0. The molecule has 1 heterocycles. The number of hydrogen-bond donors (Lipinski definition) is 1. The van der Waals surface area contributed by atoms with Gasteiger partial charge >= 0.3 is 6.03 Å². The van der Waals surface area contributed by atoms with Gasteiger partial charge in [-0.15, -0.1) is 0 Å². The Balaban J connectivity index is 2.02. The Morgan fingerprint density at radius 2 is 2.00 bits per heavy atom. The molecule has 2 amide bonds. The minimum absolute atomic E-state index is 0.104. The predicted octanol–water partition coefficient (Wildman–Crippen LogP) is 1.61. The Labute approximate surface area is 92.0 Å². The van der Waals surface area contributed by atoms with Gasteiger partial charge in [0.05, 0.1) is 0 Å². The van der Waals surface area contributed by atoms with Gasteiger partial charge in [0.25, 0.3) is 0 Å². The highest BCUT2D eigenvalue weighted by atomic mass is 16.5. The van der Waals surface area contributed by atoms with Gasteiger partial charge in [0, 0.05) is 33.4 Å². The SMILES string of the molecule is COCCCCNC(=O)N1CCCCC1. The highest BCUT2D eigenvalue weighted by Crippen LogP contribution is 2.08. The molecule has 1 fully saturated rings. The molecule has 0 radical (unpaired) electrons. The van der Waals surface area contributed by atoms with Crippen molar-refractivity contribution in [2.24, 2.45) is 0 Å². The van der Waals surface area contributed by atoms with Gasteiger partial charge in [-0.2, -0.15) is 0 Å². The lowest BCUT2D eigenvalue weighted by Crippen LogP contribution is -2.43. The van der Waals surface area contributed by atoms with Crippen molar-refractivity contribution in [3.63, 3.8) is 0 Å². The van der Waals surface area contributed by atoms with E-state index >= 15 is 0 Å². The number of carbonyl (C=O) groups is 1. The molecule has 0 bridgehead atoms. The molecule has 0 aliphatic carbocycles. The van der Waals surface area contributed by atoms with E-state index in [9.17, 15) is 4.79 Å². The molecule has 0 spiro atoms. The summed E-state index contributed by atoms with van der Waals surface area (Å²) in [5, 5.41) is 2.94. The Morgan fingerprint density at radius 1 is 1.27 bits per heavy atom. The molecular formula is C11H22N2O2. The first-order valence-corrected chi connectivity index (χ1v) is 5.86.